The number of nitrogens with one attached hydrogen (secondary N) is 2. The third-order valence-electron chi connectivity index (χ3n) is 3.94. The van der Waals surface area contributed by atoms with Crippen LogP contribution in [0.5, 0.6) is 5.75 Å². The SMILES string of the molecule is CNC(=O)c1cccc(CNC(=O)Cc2cc(C(C)=O)ccc2OC)c1. The lowest BCUT2D eigenvalue weighted by Crippen LogP contribution is -2.25. The highest BCUT2D eigenvalue weighted by Gasteiger charge is 2.12. The summed E-state index contributed by atoms with van der Waals surface area (Å²) < 4.78 is 5.26. The van der Waals surface area contributed by atoms with E-state index in [2.05, 4.69) is 10.6 Å². The maximum Gasteiger partial charge on any atom is 0.251 e. The average Bonchev–Trinajstić information content (AvgIpc) is 2.65. The molecule has 0 unspecified atom stereocenters. The Hall–Kier alpha value is -3.15. The standard InChI is InChI=1S/C20H22N2O4/c1-13(23)15-7-8-18(26-3)17(10-15)11-19(24)22-12-14-5-4-6-16(9-14)20(25)21-2/h4-10H,11-12H2,1-3H3,(H,21,25)(H,22,24). The van der Waals surface area contributed by atoms with E-state index >= 15 is 0 Å². The van der Waals surface area contributed by atoms with Gasteiger partial charge in [-0.1, -0.05) is 12.1 Å². The fraction of sp³-hybridized carbons (Fsp3) is 0.250. The van der Waals surface area contributed by atoms with Gasteiger partial charge in [-0.3, -0.25) is 14.4 Å². The summed E-state index contributed by atoms with van der Waals surface area (Å²) >= 11 is 0. The molecular weight excluding hydrogens is 332 g/mol. The number of carbonyl (C=O) groups excluding carboxylic acids is 3. The summed E-state index contributed by atoms with van der Waals surface area (Å²) in [6, 6.07) is 12.1. The van der Waals surface area contributed by atoms with Gasteiger partial charge in [0.15, 0.2) is 5.78 Å². The summed E-state index contributed by atoms with van der Waals surface area (Å²) in [7, 11) is 3.09. The number of hydrogen-bond donors (Lipinski definition) is 2. The number of ether oxygens (including phenoxy) is 1. The molecule has 0 radical (unpaired) electrons. The highest BCUT2D eigenvalue weighted by atomic mass is 16.5. The van der Waals surface area contributed by atoms with E-state index < -0.39 is 0 Å². The van der Waals surface area contributed by atoms with E-state index in [1.165, 1.54) is 14.0 Å². The van der Waals surface area contributed by atoms with Crippen molar-refractivity contribution in [1.29, 1.82) is 0 Å². The number of methoxy groups -OCH3 is 1. The number of benzene rings is 2. The average molecular weight is 354 g/mol. The topological polar surface area (TPSA) is 84.5 Å². The van der Waals surface area contributed by atoms with Gasteiger partial charge in [0, 0.05) is 30.3 Å². The van der Waals surface area contributed by atoms with Gasteiger partial charge in [-0.25, -0.2) is 0 Å². The first-order valence-electron chi connectivity index (χ1n) is 8.20. The van der Waals surface area contributed by atoms with Crippen LogP contribution < -0.4 is 15.4 Å². The van der Waals surface area contributed by atoms with Crippen LogP contribution in [0.3, 0.4) is 0 Å². The van der Waals surface area contributed by atoms with Crippen LogP contribution in [0, 0.1) is 0 Å². The van der Waals surface area contributed by atoms with Crippen molar-refractivity contribution in [2.24, 2.45) is 0 Å². The molecule has 0 saturated heterocycles. The van der Waals surface area contributed by atoms with Gasteiger partial charge in [0.2, 0.25) is 5.91 Å². The third kappa shape index (κ3) is 4.92. The first kappa shape index (κ1) is 19.2. The van der Waals surface area contributed by atoms with Crippen LogP contribution in [0.15, 0.2) is 42.5 Å². The molecule has 6 nitrogen and oxygen atoms in total. The van der Waals surface area contributed by atoms with Gasteiger partial charge in [-0.05, 0) is 42.8 Å². The molecule has 26 heavy (non-hydrogen) atoms. The number of ketones is 1. The van der Waals surface area contributed by atoms with Crippen molar-refractivity contribution in [3.05, 3.63) is 64.7 Å². The van der Waals surface area contributed by atoms with Crippen LogP contribution in [0.1, 0.15) is 38.8 Å². The van der Waals surface area contributed by atoms with E-state index in [-0.39, 0.29) is 24.0 Å². The van der Waals surface area contributed by atoms with Gasteiger partial charge in [0.05, 0.1) is 13.5 Å². The molecule has 0 aliphatic rings. The number of hydrogen-bond acceptors (Lipinski definition) is 4. The van der Waals surface area contributed by atoms with E-state index in [9.17, 15) is 14.4 Å². The monoisotopic (exact) mass is 354 g/mol. The quantitative estimate of drug-likeness (QED) is 0.746. The summed E-state index contributed by atoms with van der Waals surface area (Å²) in [6.45, 7) is 1.78. The molecule has 0 aromatic heterocycles. The molecule has 0 saturated carbocycles. The highest BCUT2D eigenvalue weighted by Crippen LogP contribution is 2.21. The van der Waals surface area contributed by atoms with Crippen molar-refractivity contribution in [3.8, 4) is 5.75 Å². The first-order valence-corrected chi connectivity index (χ1v) is 8.20. The molecule has 2 amide bonds. The van der Waals surface area contributed by atoms with Crippen molar-refractivity contribution in [1.82, 2.24) is 10.6 Å². The molecular formula is C20H22N2O4. The lowest BCUT2D eigenvalue weighted by molar-refractivity contribution is -0.120. The maximum absolute atomic E-state index is 12.3. The van der Waals surface area contributed by atoms with Gasteiger partial charge < -0.3 is 15.4 Å². The Balaban J connectivity index is 2.04. The van der Waals surface area contributed by atoms with Crippen LogP contribution in [0.25, 0.3) is 0 Å². The van der Waals surface area contributed by atoms with E-state index in [0.717, 1.165) is 5.56 Å². The minimum Gasteiger partial charge on any atom is -0.496 e. The fourth-order valence-corrected chi connectivity index (χ4v) is 2.54. The summed E-state index contributed by atoms with van der Waals surface area (Å²) in [6.07, 6.45) is 0.0967. The molecule has 0 fully saturated rings. The number of rotatable bonds is 7. The van der Waals surface area contributed by atoms with Crippen LogP contribution in [-0.2, 0) is 17.8 Å². The van der Waals surface area contributed by atoms with E-state index in [0.29, 0.717) is 29.0 Å². The Bertz CT molecular complexity index is 830. The largest absolute Gasteiger partial charge is 0.496 e. The van der Waals surface area contributed by atoms with Crippen LogP contribution in [0.4, 0.5) is 0 Å². The molecule has 2 N–H and O–H groups in total. The lowest BCUT2D eigenvalue weighted by atomic mass is 10.0. The third-order valence-corrected chi connectivity index (χ3v) is 3.94. The summed E-state index contributed by atoms with van der Waals surface area (Å²) in [5, 5.41) is 5.39. The second-order valence-corrected chi connectivity index (χ2v) is 5.82. The molecule has 2 aromatic carbocycles. The predicted octanol–water partition coefficient (Wildman–Crippen LogP) is 2.12. The smallest absolute Gasteiger partial charge is 0.251 e. The molecule has 0 heterocycles. The van der Waals surface area contributed by atoms with Gasteiger partial charge in [0.25, 0.3) is 5.91 Å². The normalized spacial score (nSPS) is 10.1. The molecule has 2 rings (SSSR count). The van der Waals surface area contributed by atoms with Gasteiger partial charge >= 0.3 is 0 Å². The van der Waals surface area contributed by atoms with Crippen LogP contribution in [-0.4, -0.2) is 31.8 Å². The van der Waals surface area contributed by atoms with Crippen molar-refractivity contribution < 1.29 is 19.1 Å². The highest BCUT2D eigenvalue weighted by molar-refractivity contribution is 5.95. The molecule has 0 bridgehead atoms. The Morgan fingerprint density at radius 2 is 1.81 bits per heavy atom. The number of Topliss-reactive ketones (excluding diaryl/α,β-unsaturated/α-hetero) is 1. The first-order chi connectivity index (χ1) is 12.4. The zero-order chi connectivity index (χ0) is 19.1. The summed E-state index contributed by atoms with van der Waals surface area (Å²) in [5.74, 6) is 0.116. The minimum atomic E-state index is -0.200. The Morgan fingerprint density at radius 1 is 1.04 bits per heavy atom. The Morgan fingerprint density at radius 3 is 2.46 bits per heavy atom. The predicted molar refractivity (Wildman–Crippen MR) is 98.4 cm³/mol. The maximum atomic E-state index is 12.3. The molecule has 0 atom stereocenters. The zero-order valence-corrected chi connectivity index (χ0v) is 15.1. The molecule has 0 aliphatic heterocycles. The second kappa shape index (κ2) is 8.80. The fourth-order valence-electron chi connectivity index (χ4n) is 2.54. The number of carbonyl (C=O) groups is 3. The van der Waals surface area contributed by atoms with Crippen LogP contribution >= 0.6 is 0 Å². The van der Waals surface area contributed by atoms with E-state index in [1.807, 2.05) is 6.07 Å². The number of amides is 2. The van der Waals surface area contributed by atoms with E-state index in [4.69, 9.17) is 4.74 Å². The summed E-state index contributed by atoms with van der Waals surface area (Å²) in [4.78, 5) is 35.5. The van der Waals surface area contributed by atoms with E-state index in [1.54, 1.807) is 43.4 Å². The van der Waals surface area contributed by atoms with Crippen molar-refractivity contribution in [2.75, 3.05) is 14.2 Å². The van der Waals surface area contributed by atoms with Crippen molar-refractivity contribution in [2.45, 2.75) is 19.9 Å². The van der Waals surface area contributed by atoms with Gasteiger partial charge in [-0.15, -0.1) is 0 Å². The molecule has 0 aliphatic carbocycles. The Labute approximate surface area is 152 Å². The van der Waals surface area contributed by atoms with Crippen molar-refractivity contribution in [3.63, 3.8) is 0 Å². The molecule has 136 valence electrons. The lowest BCUT2D eigenvalue weighted by Gasteiger charge is -2.11. The molecule has 6 heteroatoms. The van der Waals surface area contributed by atoms with Gasteiger partial charge in [-0.2, -0.15) is 0 Å². The summed E-state index contributed by atoms with van der Waals surface area (Å²) in [5.41, 5.74) is 2.54. The van der Waals surface area contributed by atoms with Crippen molar-refractivity contribution >= 4 is 17.6 Å². The van der Waals surface area contributed by atoms with Gasteiger partial charge in [0.1, 0.15) is 5.75 Å². The molecule has 2 aromatic rings. The second-order valence-electron chi connectivity index (χ2n) is 5.82. The Kier molecular flexibility index (Phi) is 6.49. The van der Waals surface area contributed by atoms with Crippen LogP contribution in [0.2, 0.25) is 0 Å². The minimum absolute atomic E-state index is 0.0691. The molecule has 0 spiro atoms. The zero-order valence-electron chi connectivity index (χ0n) is 15.1.